The number of aromatic amines is 1. The molecule has 2 N–H and O–H groups in total. The standard InChI is InChI=1S/C14H12F3N5O2/c1-22-6-5-8-9(22)3-2-4-10(8)24-7-11(23)18-13-19-12(20-21-13)14(15,16)17/h2-6H,7H2,1H3,(H2,18,19,20,21,23). The van der Waals surface area contributed by atoms with Gasteiger partial charge >= 0.3 is 6.18 Å². The van der Waals surface area contributed by atoms with Gasteiger partial charge in [0.25, 0.3) is 5.91 Å². The average Bonchev–Trinajstić information content (AvgIpc) is 3.13. The predicted octanol–water partition coefficient (Wildman–Crippen LogP) is 2.33. The Morgan fingerprint density at radius 2 is 2.17 bits per heavy atom. The number of H-pyrrole nitrogens is 1. The van der Waals surface area contributed by atoms with Crippen molar-refractivity contribution >= 4 is 22.8 Å². The zero-order chi connectivity index (χ0) is 17.3. The summed E-state index contributed by atoms with van der Waals surface area (Å²) >= 11 is 0. The second-order valence-corrected chi connectivity index (χ2v) is 4.96. The van der Waals surface area contributed by atoms with E-state index < -0.39 is 23.9 Å². The number of rotatable bonds is 4. The van der Waals surface area contributed by atoms with Gasteiger partial charge in [0.1, 0.15) is 5.75 Å². The fraction of sp³-hybridized carbons (Fsp3) is 0.214. The first-order valence-electron chi connectivity index (χ1n) is 6.81. The third-order valence-electron chi connectivity index (χ3n) is 3.25. The number of alkyl halides is 3. The summed E-state index contributed by atoms with van der Waals surface area (Å²) in [5.41, 5.74) is 0.927. The third-order valence-corrected chi connectivity index (χ3v) is 3.25. The summed E-state index contributed by atoms with van der Waals surface area (Å²) in [6.07, 6.45) is -2.81. The summed E-state index contributed by atoms with van der Waals surface area (Å²) in [6.45, 7) is -0.385. The van der Waals surface area contributed by atoms with E-state index in [0.29, 0.717) is 5.75 Å². The van der Waals surface area contributed by atoms with Crippen LogP contribution in [0.5, 0.6) is 5.75 Å². The molecule has 0 aliphatic heterocycles. The van der Waals surface area contributed by atoms with Crippen LogP contribution in [0, 0.1) is 0 Å². The molecule has 0 aliphatic carbocycles. The smallest absolute Gasteiger partial charge is 0.451 e. The molecular weight excluding hydrogens is 327 g/mol. The Morgan fingerprint density at radius 1 is 1.38 bits per heavy atom. The van der Waals surface area contributed by atoms with Crippen LogP contribution in [-0.4, -0.2) is 32.3 Å². The number of carbonyl (C=O) groups excluding carboxylic acids is 1. The third kappa shape index (κ3) is 3.16. The van der Waals surface area contributed by atoms with Gasteiger partial charge in [-0.1, -0.05) is 6.07 Å². The summed E-state index contributed by atoms with van der Waals surface area (Å²) in [6, 6.07) is 7.21. The molecule has 0 radical (unpaired) electrons. The highest BCUT2D eigenvalue weighted by atomic mass is 19.4. The van der Waals surface area contributed by atoms with Gasteiger partial charge in [0, 0.05) is 18.6 Å². The maximum absolute atomic E-state index is 12.4. The summed E-state index contributed by atoms with van der Waals surface area (Å²) in [7, 11) is 1.88. The van der Waals surface area contributed by atoms with Crippen LogP contribution in [-0.2, 0) is 18.0 Å². The van der Waals surface area contributed by atoms with Crippen molar-refractivity contribution in [1.29, 1.82) is 0 Å². The molecule has 0 unspecified atom stereocenters. The number of hydrogen-bond acceptors (Lipinski definition) is 4. The number of aromatic nitrogens is 4. The van der Waals surface area contributed by atoms with E-state index in [1.807, 2.05) is 29.9 Å². The van der Waals surface area contributed by atoms with Gasteiger partial charge < -0.3 is 9.30 Å². The van der Waals surface area contributed by atoms with E-state index in [1.165, 1.54) is 0 Å². The Kier molecular flexibility index (Phi) is 3.87. The molecule has 0 fully saturated rings. The number of nitrogens with zero attached hydrogens (tertiary/aromatic N) is 3. The molecule has 126 valence electrons. The van der Waals surface area contributed by atoms with Crippen molar-refractivity contribution < 1.29 is 22.7 Å². The SMILES string of the molecule is Cn1ccc2c(OCC(=O)Nc3n[nH]c(C(F)(F)F)n3)cccc21. The summed E-state index contributed by atoms with van der Waals surface area (Å²) < 4.78 is 44.5. The number of amides is 1. The lowest BCUT2D eigenvalue weighted by molar-refractivity contribution is -0.144. The first kappa shape index (κ1) is 15.8. The van der Waals surface area contributed by atoms with Gasteiger partial charge in [0.15, 0.2) is 6.61 Å². The Bertz CT molecular complexity index is 884. The molecule has 0 saturated carbocycles. The Balaban J connectivity index is 1.64. The number of benzene rings is 1. The van der Waals surface area contributed by atoms with E-state index in [2.05, 4.69) is 15.4 Å². The summed E-state index contributed by atoms with van der Waals surface area (Å²) in [4.78, 5) is 14.9. The highest BCUT2D eigenvalue weighted by molar-refractivity contribution is 5.91. The van der Waals surface area contributed by atoms with Crippen molar-refractivity contribution in [3.63, 3.8) is 0 Å². The molecule has 0 spiro atoms. The quantitative estimate of drug-likeness (QED) is 0.764. The monoisotopic (exact) mass is 339 g/mol. The fourth-order valence-corrected chi connectivity index (χ4v) is 2.15. The number of fused-ring (bicyclic) bond motifs is 1. The van der Waals surface area contributed by atoms with E-state index in [0.717, 1.165) is 10.9 Å². The first-order chi connectivity index (χ1) is 11.3. The molecule has 1 amide bonds. The molecule has 3 aromatic rings. The van der Waals surface area contributed by atoms with E-state index in [1.54, 1.807) is 17.2 Å². The van der Waals surface area contributed by atoms with Crippen molar-refractivity contribution in [2.24, 2.45) is 7.05 Å². The minimum absolute atomic E-state index is 0.385. The Morgan fingerprint density at radius 3 is 2.88 bits per heavy atom. The first-order valence-corrected chi connectivity index (χ1v) is 6.81. The largest absolute Gasteiger partial charge is 0.483 e. The topological polar surface area (TPSA) is 84.8 Å². The van der Waals surface area contributed by atoms with Crippen LogP contribution < -0.4 is 10.1 Å². The molecule has 0 atom stereocenters. The second-order valence-electron chi connectivity index (χ2n) is 4.96. The number of aryl methyl sites for hydroxylation is 1. The van der Waals surface area contributed by atoms with Crippen LogP contribution in [0.15, 0.2) is 30.5 Å². The van der Waals surface area contributed by atoms with Crippen molar-refractivity contribution in [3.05, 3.63) is 36.3 Å². The zero-order valence-corrected chi connectivity index (χ0v) is 12.4. The molecule has 0 bridgehead atoms. The highest BCUT2D eigenvalue weighted by Gasteiger charge is 2.35. The fourth-order valence-electron chi connectivity index (χ4n) is 2.15. The Hall–Kier alpha value is -3.04. The molecule has 3 rings (SSSR count). The highest BCUT2D eigenvalue weighted by Crippen LogP contribution is 2.27. The van der Waals surface area contributed by atoms with Crippen LogP contribution in [0.1, 0.15) is 5.82 Å². The average molecular weight is 339 g/mol. The molecule has 0 saturated heterocycles. The molecule has 1 aromatic carbocycles. The normalized spacial score (nSPS) is 11.7. The lowest BCUT2D eigenvalue weighted by Gasteiger charge is -2.07. The maximum Gasteiger partial charge on any atom is 0.451 e. The lowest BCUT2D eigenvalue weighted by Crippen LogP contribution is -2.21. The Labute approximate surface area is 133 Å². The number of carbonyl (C=O) groups is 1. The summed E-state index contributed by atoms with van der Waals surface area (Å²) in [5.74, 6) is -1.92. The van der Waals surface area contributed by atoms with Gasteiger partial charge in [-0.3, -0.25) is 15.2 Å². The minimum Gasteiger partial charge on any atom is -0.483 e. The number of nitrogens with one attached hydrogen (secondary N) is 2. The molecule has 0 aliphatic rings. The number of anilines is 1. The van der Waals surface area contributed by atoms with Crippen molar-refractivity contribution in [2.75, 3.05) is 11.9 Å². The maximum atomic E-state index is 12.4. The van der Waals surface area contributed by atoms with Crippen LogP contribution in [0.4, 0.5) is 19.1 Å². The van der Waals surface area contributed by atoms with Gasteiger partial charge in [-0.25, -0.2) is 0 Å². The minimum atomic E-state index is -4.66. The van der Waals surface area contributed by atoms with E-state index in [4.69, 9.17) is 4.74 Å². The van der Waals surface area contributed by atoms with Crippen molar-refractivity contribution in [1.82, 2.24) is 19.7 Å². The van der Waals surface area contributed by atoms with Crippen LogP contribution >= 0.6 is 0 Å². The number of halogens is 3. The van der Waals surface area contributed by atoms with Crippen LogP contribution in [0.3, 0.4) is 0 Å². The van der Waals surface area contributed by atoms with Crippen LogP contribution in [0.25, 0.3) is 10.9 Å². The molecule has 2 heterocycles. The van der Waals surface area contributed by atoms with E-state index in [-0.39, 0.29) is 6.61 Å². The van der Waals surface area contributed by atoms with Crippen molar-refractivity contribution in [2.45, 2.75) is 6.18 Å². The van der Waals surface area contributed by atoms with Gasteiger partial charge in [0.05, 0.1) is 5.52 Å². The van der Waals surface area contributed by atoms with Crippen LogP contribution in [0.2, 0.25) is 0 Å². The zero-order valence-electron chi connectivity index (χ0n) is 12.4. The van der Waals surface area contributed by atoms with Gasteiger partial charge in [-0.05, 0) is 18.2 Å². The molecule has 2 aromatic heterocycles. The lowest BCUT2D eigenvalue weighted by atomic mass is 10.2. The van der Waals surface area contributed by atoms with Gasteiger partial charge in [-0.2, -0.15) is 18.2 Å². The molecular formula is C14H12F3N5O2. The molecule has 24 heavy (non-hydrogen) atoms. The van der Waals surface area contributed by atoms with Crippen molar-refractivity contribution in [3.8, 4) is 5.75 Å². The molecule has 7 nitrogen and oxygen atoms in total. The summed E-state index contributed by atoms with van der Waals surface area (Å²) in [5, 5.41) is 7.95. The number of hydrogen-bond donors (Lipinski definition) is 2. The molecule has 10 heteroatoms. The van der Waals surface area contributed by atoms with E-state index >= 15 is 0 Å². The predicted molar refractivity (Wildman–Crippen MR) is 78.4 cm³/mol. The second kappa shape index (κ2) is 5.87. The number of ether oxygens (including phenoxy) is 1. The van der Waals surface area contributed by atoms with Gasteiger partial charge in [-0.15, -0.1) is 5.10 Å². The van der Waals surface area contributed by atoms with E-state index in [9.17, 15) is 18.0 Å². The van der Waals surface area contributed by atoms with Gasteiger partial charge in [0.2, 0.25) is 11.8 Å².